The molecule has 0 aliphatic carbocycles. The van der Waals surface area contributed by atoms with Gasteiger partial charge in [0.25, 0.3) is 0 Å². The summed E-state index contributed by atoms with van der Waals surface area (Å²) >= 11 is 0. The van der Waals surface area contributed by atoms with Crippen molar-refractivity contribution in [1.82, 2.24) is 24.5 Å². The first kappa shape index (κ1) is 31.1. The molecule has 2 N–H and O–H groups in total. The maximum atomic E-state index is 15.7. The van der Waals surface area contributed by atoms with Gasteiger partial charge in [0.2, 0.25) is 0 Å². The summed E-state index contributed by atoms with van der Waals surface area (Å²) in [6.07, 6.45) is 13.1. The minimum absolute atomic E-state index is 0.0331. The van der Waals surface area contributed by atoms with Gasteiger partial charge in [0.15, 0.2) is 11.6 Å². The number of carbonyl (C=O) groups is 1. The smallest absolute Gasteiger partial charge is 0.303 e. The molecule has 3 aromatic heterocycles. The summed E-state index contributed by atoms with van der Waals surface area (Å²) in [7, 11) is 0. The van der Waals surface area contributed by atoms with Gasteiger partial charge in [0, 0.05) is 71.5 Å². The molecule has 0 saturated heterocycles. The molecule has 6 bridgehead atoms. The lowest BCUT2D eigenvalue weighted by atomic mass is 9.91. The number of hydrogen-bond donors (Lipinski definition) is 2. The number of rotatable bonds is 4. The quantitative estimate of drug-likeness (QED) is 0.187. The molecule has 1 aliphatic heterocycles. The Morgan fingerprint density at radius 1 is 1.10 bits per heavy atom. The second kappa shape index (κ2) is 12.6. The van der Waals surface area contributed by atoms with Gasteiger partial charge in [-0.05, 0) is 59.9 Å². The molecule has 10 heteroatoms. The van der Waals surface area contributed by atoms with Gasteiger partial charge in [-0.15, -0.1) is 0 Å². The molecule has 3 aromatic carbocycles. The topological polar surface area (TPSA) is 98.0 Å². The van der Waals surface area contributed by atoms with E-state index in [1.54, 1.807) is 24.5 Å². The number of aliphatic carboxylic acids is 1. The first-order chi connectivity index (χ1) is 23.1. The number of fused-ring (bicyclic) bond motifs is 10. The normalized spacial score (nSPS) is 16.7. The number of nitrogens with zero attached hydrogens (tertiary/aromatic N) is 4. The van der Waals surface area contributed by atoms with Crippen LogP contribution in [0.2, 0.25) is 0 Å². The van der Waals surface area contributed by atoms with Crippen LogP contribution < -0.4 is 4.74 Å². The lowest BCUT2D eigenvalue weighted by Crippen LogP contribution is -2.18. The van der Waals surface area contributed by atoms with E-state index in [0.717, 1.165) is 22.1 Å². The van der Waals surface area contributed by atoms with Gasteiger partial charge in [-0.1, -0.05) is 50.3 Å². The van der Waals surface area contributed by atoms with E-state index in [1.165, 1.54) is 18.2 Å². The summed E-state index contributed by atoms with van der Waals surface area (Å²) in [4.78, 5) is 14.3. The molecular weight excluding hydrogens is 612 g/mol. The molecule has 0 radical (unpaired) electrons. The van der Waals surface area contributed by atoms with Crippen molar-refractivity contribution >= 4 is 16.9 Å². The average molecular weight is 648 g/mol. The van der Waals surface area contributed by atoms with Crippen LogP contribution in [0, 0.1) is 17.0 Å². The SMILES string of the molecule is CC1(C)/C=C\CC(c2cccc(CCC(=O)O)c2)n2ccc(n2)-c2cc(ccc2F)Oc2c(F)cc3[nH]ccc3c2Cc2cnn(c2)C1. The van der Waals surface area contributed by atoms with Crippen LogP contribution in [0.15, 0.2) is 97.6 Å². The Hall–Kier alpha value is -5.51. The third-order valence-electron chi connectivity index (χ3n) is 8.76. The molecule has 7 rings (SSSR count). The van der Waals surface area contributed by atoms with Crippen LogP contribution in [0.3, 0.4) is 0 Å². The van der Waals surface area contributed by atoms with Crippen LogP contribution in [-0.4, -0.2) is 35.6 Å². The molecule has 244 valence electrons. The molecule has 0 amide bonds. The summed E-state index contributed by atoms with van der Waals surface area (Å²) in [6, 6.07) is 17.0. The van der Waals surface area contributed by atoms with Crippen LogP contribution >= 0.6 is 0 Å². The second-order valence-corrected chi connectivity index (χ2v) is 13.0. The van der Waals surface area contributed by atoms with E-state index in [2.05, 4.69) is 36.1 Å². The van der Waals surface area contributed by atoms with Crippen molar-refractivity contribution < 1.29 is 23.4 Å². The first-order valence-corrected chi connectivity index (χ1v) is 15.9. The molecule has 4 heterocycles. The molecule has 1 atom stereocenters. The van der Waals surface area contributed by atoms with E-state index in [0.29, 0.717) is 42.6 Å². The maximum absolute atomic E-state index is 15.7. The second-order valence-electron chi connectivity index (χ2n) is 13.0. The number of aromatic nitrogens is 5. The number of allylic oxidation sites excluding steroid dienone is 2. The van der Waals surface area contributed by atoms with E-state index in [1.807, 2.05) is 52.1 Å². The summed E-state index contributed by atoms with van der Waals surface area (Å²) in [6.45, 7) is 4.89. The Morgan fingerprint density at radius 2 is 1.98 bits per heavy atom. The van der Waals surface area contributed by atoms with Crippen molar-refractivity contribution in [3.8, 4) is 22.8 Å². The Bertz CT molecular complexity index is 2160. The summed E-state index contributed by atoms with van der Waals surface area (Å²) in [5.41, 5.74) is 4.44. The minimum atomic E-state index is -0.851. The lowest BCUT2D eigenvalue weighted by Gasteiger charge is -2.22. The number of hydrogen-bond acceptors (Lipinski definition) is 4. The molecule has 8 nitrogen and oxygen atoms in total. The lowest BCUT2D eigenvalue weighted by molar-refractivity contribution is -0.136. The number of aryl methyl sites for hydroxylation is 1. The number of nitrogens with one attached hydrogen (secondary N) is 1. The van der Waals surface area contributed by atoms with Gasteiger partial charge in [-0.25, -0.2) is 8.78 Å². The molecule has 6 aromatic rings. The molecule has 0 spiro atoms. The minimum Gasteiger partial charge on any atom is -0.481 e. The van der Waals surface area contributed by atoms with Gasteiger partial charge in [0.1, 0.15) is 11.6 Å². The van der Waals surface area contributed by atoms with E-state index in [-0.39, 0.29) is 34.9 Å². The fourth-order valence-electron chi connectivity index (χ4n) is 6.43. The van der Waals surface area contributed by atoms with E-state index in [4.69, 9.17) is 9.84 Å². The highest BCUT2D eigenvalue weighted by molar-refractivity contribution is 5.86. The van der Waals surface area contributed by atoms with Gasteiger partial charge in [-0.2, -0.15) is 10.2 Å². The molecule has 1 aliphatic rings. The third kappa shape index (κ3) is 6.51. The predicted molar refractivity (Wildman–Crippen MR) is 179 cm³/mol. The van der Waals surface area contributed by atoms with Crippen molar-refractivity contribution in [2.45, 2.75) is 52.1 Å². The molecule has 1 unspecified atom stereocenters. The largest absolute Gasteiger partial charge is 0.481 e. The monoisotopic (exact) mass is 647 g/mol. The Morgan fingerprint density at radius 3 is 2.83 bits per heavy atom. The highest BCUT2D eigenvalue weighted by Crippen LogP contribution is 2.38. The molecule has 0 saturated carbocycles. The zero-order valence-electron chi connectivity index (χ0n) is 26.7. The van der Waals surface area contributed by atoms with Crippen LogP contribution in [-0.2, 0) is 24.2 Å². The highest BCUT2D eigenvalue weighted by Gasteiger charge is 2.22. The van der Waals surface area contributed by atoms with Gasteiger partial charge in [0.05, 0.1) is 17.9 Å². The number of carboxylic acid groups (broad SMARTS) is 1. The maximum Gasteiger partial charge on any atom is 0.303 e. The fraction of sp³-hybridized carbons (Fsp3) is 0.237. The van der Waals surface area contributed by atoms with Crippen LogP contribution in [0.4, 0.5) is 8.78 Å². The van der Waals surface area contributed by atoms with Crippen LogP contribution in [0.25, 0.3) is 22.2 Å². The van der Waals surface area contributed by atoms with E-state index >= 15 is 8.78 Å². The van der Waals surface area contributed by atoms with Crippen molar-refractivity contribution in [3.63, 3.8) is 0 Å². The third-order valence-corrected chi connectivity index (χ3v) is 8.76. The zero-order chi connectivity index (χ0) is 33.4. The summed E-state index contributed by atoms with van der Waals surface area (Å²) in [5, 5.41) is 19.5. The number of carboxylic acids is 1. The number of benzene rings is 3. The fourth-order valence-corrected chi connectivity index (χ4v) is 6.43. The molecular formula is C38H35F2N5O3. The van der Waals surface area contributed by atoms with Crippen molar-refractivity contribution in [1.29, 1.82) is 0 Å². The van der Waals surface area contributed by atoms with Crippen LogP contribution in [0.1, 0.15) is 55.0 Å². The molecule has 48 heavy (non-hydrogen) atoms. The number of halogens is 2. The Kier molecular flexibility index (Phi) is 8.16. The highest BCUT2D eigenvalue weighted by atomic mass is 19.1. The summed E-state index contributed by atoms with van der Waals surface area (Å²) < 4.78 is 41.0. The van der Waals surface area contributed by atoms with Gasteiger partial charge >= 0.3 is 5.97 Å². The van der Waals surface area contributed by atoms with E-state index < -0.39 is 17.6 Å². The van der Waals surface area contributed by atoms with Crippen LogP contribution in [0.5, 0.6) is 11.5 Å². The first-order valence-electron chi connectivity index (χ1n) is 15.9. The Labute approximate surface area is 276 Å². The predicted octanol–water partition coefficient (Wildman–Crippen LogP) is 8.48. The van der Waals surface area contributed by atoms with Crippen molar-refractivity contribution in [2.75, 3.05) is 0 Å². The van der Waals surface area contributed by atoms with Gasteiger partial charge in [-0.3, -0.25) is 14.2 Å². The molecule has 0 fully saturated rings. The standard InChI is InChI=1S/C38H35F2N5O3/c1-38(2)14-4-7-35(26-6-3-5-24(17-26)8-11-36(46)47)45-16-13-33(43-45)30-19-27(9-10-31(30)39)48-37-29(18-25-21-42-44(22-25)23-38)28-12-15-41-34(28)20-32(37)40/h3-6,9-10,12-17,19-22,35,41H,7-8,11,18,23H2,1-2H3,(H,46,47)/b14-4-. The summed E-state index contributed by atoms with van der Waals surface area (Å²) in [5.74, 6) is -1.52. The van der Waals surface area contributed by atoms with E-state index in [9.17, 15) is 9.90 Å². The number of aromatic amines is 1. The number of H-pyrrole nitrogens is 1. The average Bonchev–Trinajstić information content (AvgIpc) is 3.82. The van der Waals surface area contributed by atoms with Crippen molar-refractivity contribution in [2.24, 2.45) is 5.41 Å². The zero-order valence-corrected chi connectivity index (χ0v) is 26.7. The Balaban J connectivity index is 1.34. The number of ether oxygens (including phenoxy) is 1. The van der Waals surface area contributed by atoms with Crippen molar-refractivity contribution in [3.05, 3.63) is 131 Å². The van der Waals surface area contributed by atoms with Gasteiger partial charge < -0.3 is 14.8 Å².